The Labute approximate surface area is 148 Å². The molecule has 3 heteroatoms. The second-order valence-corrected chi connectivity index (χ2v) is 6.57. The number of aromatic nitrogens is 2. The van der Waals surface area contributed by atoms with Crippen LogP contribution in [0.2, 0.25) is 0 Å². The van der Waals surface area contributed by atoms with Crippen LogP contribution in [0.1, 0.15) is 0 Å². The molecule has 3 nitrogen and oxygen atoms in total. The lowest BCUT2D eigenvalue weighted by Crippen LogP contribution is -1.84. The number of furan rings is 1. The molecule has 3 aromatic carbocycles. The summed E-state index contributed by atoms with van der Waals surface area (Å²) in [6.07, 6.45) is 0. The summed E-state index contributed by atoms with van der Waals surface area (Å²) >= 11 is 0. The number of para-hydroxylation sites is 2. The molecule has 0 saturated carbocycles. The predicted octanol–water partition coefficient (Wildman–Crippen LogP) is 6.28. The van der Waals surface area contributed by atoms with Gasteiger partial charge in [-0.3, -0.25) is 0 Å². The van der Waals surface area contributed by atoms with E-state index in [-0.39, 0.29) is 0 Å². The molecule has 0 spiro atoms. The third-order valence-electron chi connectivity index (χ3n) is 5.04. The minimum absolute atomic E-state index is 0.891. The van der Waals surface area contributed by atoms with E-state index in [1.807, 2.05) is 24.3 Å². The van der Waals surface area contributed by atoms with Gasteiger partial charge in [-0.2, -0.15) is 0 Å². The van der Waals surface area contributed by atoms with Crippen molar-refractivity contribution in [1.82, 2.24) is 9.97 Å². The molecule has 0 amide bonds. The molecule has 6 aromatic rings. The third kappa shape index (κ3) is 1.85. The highest BCUT2D eigenvalue weighted by Gasteiger charge is 2.10. The lowest BCUT2D eigenvalue weighted by molar-refractivity contribution is 0.669. The van der Waals surface area contributed by atoms with Gasteiger partial charge in [0.05, 0.1) is 5.69 Å². The van der Waals surface area contributed by atoms with Crippen molar-refractivity contribution in [2.24, 2.45) is 0 Å². The van der Waals surface area contributed by atoms with Crippen LogP contribution in [-0.2, 0) is 0 Å². The van der Waals surface area contributed by atoms with E-state index in [2.05, 4.69) is 59.6 Å². The van der Waals surface area contributed by atoms with Gasteiger partial charge in [-0.05, 0) is 36.4 Å². The largest absolute Gasteiger partial charge is 0.456 e. The Balaban J connectivity index is 1.57. The maximum Gasteiger partial charge on any atom is 0.139 e. The van der Waals surface area contributed by atoms with Gasteiger partial charge >= 0.3 is 0 Å². The van der Waals surface area contributed by atoms with Gasteiger partial charge in [0, 0.05) is 32.6 Å². The van der Waals surface area contributed by atoms with Crippen molar-refractivity contribution in [3.63, 3.8) is 0 Å². The quantitative estimate of drug-likeness (QED) is 0.384. The molecule has 122 valence electrons. The normalized spacial score (nSPS) is 11.8. The summed E-state index contributed by atoms with van der Waals surface area (Å²) in [4.78, 5) is 8.26. The molecule has 6 rings (SSSR count). The second-order valence-electron chi connectivity index (χ2n) is 6.57. The fourth-order valence-electron chi connectivity index (χ4n) is 3.77. The van der Waals surface area contributed by atoms with Crippen molar-refractivity contribution >= 4 is 43.9 Å². The zero-order valence-corrected chi connectivity index (χ0v) is 13.9. The first-order valence-corrected chi connectivity index (χ1v) is 8.66. The average molecular weight is 334 g/mol. The van der Waals surface area contributed by atoms with Gasteiger partial charge in [-0.1, -0.05) is 42.5 Å². The molecule has 3 aromatic heterocycles. The van der Waals surface area contributed by atoms with E-state index in [9.17, 15) is 0 Å². The summed E-state index contributed by atoms with van der Waals surface area (Å²) in [5.41, 5.74) is 5.82. The average Bonchev–Trinajstić information content (AvgIpc) is 3.24. The molecule has 0 unspecified atom stereocenters. The van der Waals surface area contributed by atoms with Crippen molar-refractivity contribution < 1.29 is 4.42 Å². The molecule has 0 fully saturated rings. The molecule has 0 atom stereocenters. The van der Waals surface area contributed by atoms with Crippen LogP contribution >= 0.6 is 0 Å². The number of nitrogens with one attached hydrogen (secondary N) is 1. The Kier molecular flexibility index (Phi) is 2.61. The Hall–Kier alpha value is -3.59. The Morgan fingerprint density at radius 2 is 1.42 bits per heavy atom. The number of pyridine rings is 1. The smallest absolute Gasteiger partial charge is 0.139 e. The van der Waals surface area contributed by atoms with Crippen LogP contribution in [0.25, 0.3) is 55.1 Å². The molecule has 0 radical (unpaired) electrons. The minimum Gasteiger partial charge on any atom is -0.456 e. The molecule has 3 heterocycles. The maximum atomic E-state index is 6.01. The van der Waals surface area contributed by atoms with E-state index >= 15 is 0 Å². The first-order valence-electron chi connectivity index (χ1n) is 8.66. The van der Waals surface area contributed by atoms with Gasteiger partial charge in [0.2, 0.25) is 0 Å². The lowest BCUT2D eigenvalue weighted by Gasteiger charge is -2.01. The van der Waals surface area contributed by atoms with Crippen LogP contribution in [-0.4, -0.2) is 9.97 Å². The summed E-state index contributed by atoms with van der Waals surface area (Å²) in [6.45, 7) is 0. The predicted molar refractivity (Wildman–Crippen MR) is 106 cm³/mol. The molecule has 26 heavy (non-hydrogen) atoms. The van der Waals surface area contributed by atoms with Gasteiger partial charge < -0.3 is 9.40 Å². The standard InChI is InChI=1S/C23H14N2O/c1-3-7-20-15(5-1)18-11-12-19(24-23(18)25-20)14-9-10-17-16-6-2-4-8-21(16)26-22(17)13-14/h1-13H,(H,24,25). The molecule has 0 bridgehead atoms. The van der Waals surface area contributed by atoms with Crippen molar-refractivity contribution in [2.75, 3.05) is 0 Å². The van der Waals surface area contributed by atoms with Crippen LogP contribution < -0.4 is 0 Å². The van der Waals surface area contributed by atoms with Crippen molar-refractivity contribution in [3.8, 4) is 11.3 Å². The number of fused-ring (bicyclic) bond motifs is 6. The number of hydrogen-bond acceptors (Lipinski definition) is 2. The van der Waals surface area contributed by atoms with E-state index in [0.29, 0.717) is 0 Å². The SMILES string of the molecule is c1ccc2c(c1)[nH]c1nc(-c3ccc4c(c3)oc3ccccc34)ccc12. The van der Waals surface area contributed by atoms with E-state index < -0.39 is 0 Å². The molecular formula is C23H14N2O. The van der Waals surface area contributed by atoms with Gasteiger partial charge in [0.1, 0.15) is 16.8 Å². The summed E-state index contributed by atoms with van der Waals surface area (Å²) in [5.74, 6) is 0. The number of H-pyrrole nitrogens is 1. The van der Waals surface area contributed by atoms with E-state index in [0.717, 1.165) is 49.7 Å². The Morgan fingerprint density at radius 1 is 0.654 bits per heavy atom. The number of hydrogen-bond donors (Lipinski definition) is 1. The Morgan fingerprint density at radius 3 is 2.38 bits per heavy atom. The van der Waals surface area contributed by atoms with Crippen LogP contribution in [0.4, 0.5) is 0 Å². The van der Waals surface area contributed by atoms with Crippen LogP contribution in [0.5, 0.6) is 0 Å². The fraction of sp³-hybridized carbons (Fsp3) is 0. The third-order valence-corrected chi connectivity index (χ3v) is 5.04. The first kappa shape index (κ1) is 13.7. The highest BCUT2D eigenvalue weighted by Crippen LogP contribution is 2.32. The minimum atomic E-state index is 0.891. The van der Waals surface area contributed by atoms with E-state index in [1.54, 1.807) is 0 Å². The Bertz CT molecular complexity index is 1330. The highest BCUT2D eigenvalue weighted by molar-refractivity contribution is 6.07. The number of rotatable bonds is 1. The first-order chi connectivity index (χ1) is 12.9. The monoisotopic (exact) mass is 334 g/mol. The van der Waals surface area contributed by atoms with Crippen molar-refractivity contribution in [2.45, 2.75) is 0 Å². The van der Waals surface area contributed by atoms with Crippen molar-refractivity contribution in [1.29, 1.82) is 0 Å². The summed E-state index contributed by atoms with van der Waals surface area (Å²) in [7, 11) is 0. The van der Waals surface area contributed by atoms with Gasteiger partial charge in [0.15, 0.2) is 0 Å². The number of benzene rings is 3. The second kappa shape index (κ2) is 4.96. The molecule has 0 aliphatic rings. The molecule has 0 aliphatic carbocycles. The maximum absolute atomic E-state index is 6.01. The van der Waals surface area contributed by atoms with Crippen molar-refractivity contribution in [3.05, 3.63) is 78.9 Å². The highest BCUT2D eigenvalue weighted by atomic mass is 16.3. The van der Waals surface area contributed by atoms with E-state index in [1.165, 1.54) is 5.39 Å². The number of nitrogens with zero attached hydrogens (tertiary/aromatic N) is 1. The zero-order chi connectivity index (χ0) is 17.1. The lowest BCUT2D eigenvalue weighted by atomic mass is 10.1. The molecule has 1 N–H and O–H groups in total. The van der Waals surface area contributed by atoms with Gasteiger partial charge in [-0.25, -0.2) is 4.98 Å². The molecule has 0 aliphatic heterocycles. The zero-order valence-electron chi connectivity index (χ0n) is 13.9. The summed E-state index contributed by atoms with van der Waals surface area (Å²) < 4.78 is 6.01. The number of aromatic amines is 1. The van der Waals surface area contributed by atoms with Crippen LogP contribution in [0.3, 0.4) is 0 Å². The van der Waals surface area contributed by atoms with Crippen LogP contribution in [0.15, 0.2) is 83.3 Å². The summed E-state index contributed by atoms with van der Waals surface area (Å²) in [6, 6.07) is 26.9. The van der Waals surface area contributed by atoms with E-state index in [4.69, 9.17) is 9.40 Å². The molecular weight excluding hydrogens is 320 g/mol. The van der Waals surface area contributed by atoms with Gasteiger partial charge in [0.25, 0.3) is 0 Å². The van der Waals surface area contributed by atoms with Gasteiger partial charge in [-0.15, -0.1) is 0 Å². The van der Waals surface area contributed by atoms with Crippen LogP contribution in [0, 0.1) is 0 Å². The molecule has 0 saturated heterocycles. The topological polar surface area (TPSA) is 41.8 Å². The fourth-order valence-corrected chi connectivity index (χ4v) is 3.77. The summed E-state index contributed by atoms with van der Waals surface area (Å²) in [5, 5.41) is 4.63.